The van der Waals surface area contributed by atoms with Crippen LogP contribution in [0.1, 0.15) is 30.7 Å². The first kappa shape index (κ1) is 12.2. The van der Waals surface area contributed by atoms with Crippen molar-refractivity contribution in [2.24, 2.45) is 0 Å². The lowest BCUT2D eigenvalue weighted by Gasteiger charge is -2.27. The van der Waals surface area contributed by atoms with Crippen molar-refractivity contribution in [1.82, 2.24) is 15.1 Å². The molecule has 0 aliphatic heterocycles. The Kier molecular flexibility index (Phi) is 3.79. The number of halogens is 1. The Morgan fingerprint density at radius 3 is 2.69 bits per heavy atom. The molecule has 0 saturated heterocycles. The van der Waals surface area contributed by atoms with Crippen LogP contribution in [0.2, 0.25) is 4.47 Å². The van der Waals surface area contributed by atoms with E-state index in [1.807, 2.05) is 7.05 Å². The molecule has 1 aromatic heterocycles. The van der Waals surface area contributed by atoms with Gasteiger partial charge in [0, 0.05) is 6.54 Å². The number of hydrogen-bond acceptors (Lipinski definition) is 5. The fourth-order valence-corrected chi connectivity index (χ4v) is 3.23. The van der Waals surface area contributed by atoms with Gasteiger partial charge in [-0.2, -0.15) is 0 Å². The molecule has 0 unspecified atom stereocenters. The van der Waals surface area contributed by atoms with Crippen molar-refractivity contribution >= 4 is 22.9 Å². The molecule has 1 saturated carbocycles. The Labute approximate surface area is 104 Å². The van der Waals surface area contributed by atoms with Crippen LogP contribution in [0.4, 0.5) is 0 Å². The van der Waals surface area contributed by atoms with Gasteiger partial charge in [-0.3, -0.25) is 4.90 Å². The van der Waals surface area contributed by atoms with Crippen LogP contribution in [-0.2, 0) is 6.54 Å². The van der Waals surface area contributed by atoms with Crippen molar-refractivity contribution < 1.29 is 5.11 Å². The van der Waals surface area contributed by atoms with Crippen molar-refractivity contribution in [3.8, 4) is 0 Å². The Morgan fingerprint density at radius 1 is 1.44 bits per heavy atom. The van der Waals surface area contributed by atoms with E-state index in [-0.39, 0.29) is 0 Å². The zero-order valence-electron chi connectivity index (χ0n) is 9.32. The molecule has 0 amide bonds. The molecule has 1 aromatic rings. The molecule has 1 fully saturated rings. The summed E-state index contributed by atoms with van der Waals surface area (Å²) in [5.41, 5.74) is -0.497. The standard InChI is InChI=1S/C10H16ClN3OS/c1-14(6-8-12-13-9(11)16-8)7-10(15)4-2-3-5-10/h15H,2-7H2,1H3. The van der Waals surface area contributed by atoms with Gasteiger partial charge in [-0.25, -0.2) is 0 Å². The Hall–Kier alpha value is -0.230. The molecule has 0 aromatic carbocycles. The molecule has 16 heavy (non-hydrogen) atoms. The molecule has 0 spiro atoms. The van der Waals surface area contributed by atoms with E-state index in [1.54, 1.807) is 0 Å². The minimum atomic E-state index is -0.497. The van der Waals surface area contributed by atoms with E-state index in [1.165, 1.54) is 11.3 Å². The van der Waals surface area contributed by atoms with E-state index in [0.29, 0.717) is 17.6 Å². The van der Waals surface area contributed by atoms with Crippen LogP contribution in [-0.4, -0.2) is 39.4 Å². The molecule has 1 aliphatic rings. The highest BCUT2D eigenvalue weighted by atomic mass is 35.5. The minimum Gasteiger partial charge on any atom is -0.389 e. The number of aliphatic hydroxyl groups is 1. The van der Waals surface area contributed by atoms with Crippen LogP contribution in [0.15, 0.2) is 0 Å². The predicted molar refractivity (Wildman–Crippen MR) is 64.7 cm³/mol. The highest BCUT2D eigenvalue weighted by Gasteiger charge is 2.32. The maximum Gasteiger partial charge on any atom is 0.207 e. The smallest absolute Gasteiger partial charge is 0.207 e. The van der Waals surface area contributed by atoms with Crippen LogP contribution in [0.3, 0.4) is 0 Å². The van der Waals surface area contributed by atoms with E-state index < -0.39 is 5.60 Å². The Bertz CT molecular complexity index is 352. The molecular weight excluding hydrogens is 246 g/mol. The van der Waals surface area contributed by atoms with E-state index in [2.05, 4.69) is 15.1 Å². The second-order valence-electron chi connectivity index (χ2n) is 4.55. The third-order valence-corrected chi connectivity index (χ3v) is 3.95. The first-order valence-electron chi connectivity index (χ1n) is 5.46. The maximum absolute atomic E-state index is 10.2. The third-order valence-electron chi connectivity index (χ3n) is 2.95. The lowest BCUT2D eigenvalue weighted by molar-refractivity contribution is 0.0145. The lowest BCUT2D eigenvalue weighted by Crippen LogP contribution is -2.38. The summed E-state index contributed by atoms with van der Waals surface area (Å²) in [7, 11) is 1.99. The van der Waals surface area contributed by atoms with E-state index >= 15 is 0 Å². The first-order valence-corrected chi connectivity index (χ1v) is 6.66. The summed E-state index contributed by atoms with van der Waals surface area (Å²) in [6.45, 7) is 1.40. The quantitative estimate of drug-likeness (QED) is 0.900. The second-order valence-corrected chi connectivity index (χ2v) is 6.20. The normalized spacial score (nSPS) is 19.5. The van der Waals surface area contributed by atoms with Crippen molar-refractivity contribution in [3.63, 3.8) is 0 Å². The summed E-state index contributed by atoms with van der Waals surface area (Å²) in [4.78, 5) is 2.09. The zero-order valence-corrected chi connectivity index (χ0v) is 10.9. The van der Waals surface area contributed by atoms with Crippen molar-refractivity contribution in [2.45, 2.75) is 37.8 Å². The molecule has 0 radical (unpaired) electrons. The van der Waals surface area contributed by atoms with Gasteiger partial charge >= 0.3 is 0 Å². The van der Waals surface area contributed by atoms with E-state index in [4.69, 9.17) is 11.6 Å². The second kappa shape index (κ2) is 4.96. The summed E-state index contributed by atoms with van der Waals surface area (Å²) in [5, 5.41) is 18.9. The Balaban J connectivity index is 1.86. The highest BCUT2D eigenvalue weighted by Crippen LogP contribution is 2.30. The summed E-state index contributed by atoms with van der Waals surface area (Å²) in [6.07, 6.45) is 4.09. The molecule has 1 aliphatic carbocycles. The van der Waals surface area contributed by atoms with Gasteiger partial charge in [0.1, 0.15) is 5.01 Å². The van der Waals surface area contributed by atoms with Crippen LogP contribution in [0.5, 0.6) is 0 Å². The fourth-order valence-electron chi connectivity index (χ4n) is 2.28. The SMILES string of the molecule is CN(Cc1nnc(Cl)s1)CC1(O)CCCC1. The number of rotatable bonds is 4. The van der Waals surface area contributed by atoms with E-state index in [0.717, 1.165) is 30.7 Å². The highest BCUT2D eigenvalue weighted by molar-refractivity contribution is 7.15. The summed E-state index contributed by atoms with van der Waals surface area (Å²) < 4.78 is 0.475. The maximum atomic E-state index is 10.2. The van der Waals surface area contributed by atoms with Gasteiger partial charge in [-0.15, -0.1) is 10.2 Å². The molecule has 1 heterocycles. The van der Waals surface area contributed by atoms with Gasteiger partial charge in [-0.1, -0.05) is 24.2 Å². The van der Waals surface area contributed by atoms with Gasteiger partial charge in [0.2, 0.25) is 4.47 Å². The molecule has 1 N–H and O–H groups in total. The predicted octanol–water partition coefficient (Wildman–Crippen LogP) is 1.93. The number of hydrogen-bond donors (Lipinski definition) is 1. The van der Waals surface area contributed by atoms with Gasteiger partial charge in [0.05, 0.1) is 12.1 Å². The summed E-state index contributed by atoms with van der Waals surface area (Å²) >= 11 is 7.11. The zero-order chi connectivity index (χ0) is 11.6. The van der Waals surface area contributed by atoms with Crippen molar-refractivity contribution in [1.29, 1.82) is 0 Å². The first-order chi connectivity index (χ1) is 7.57. The van der Waals surface area contributed by atoms with Crippen LogP contribution in [0, 0.1) is 0 Å². The number of likely N-dealkylation sites (N-methyl/N-ethyl adjacent to an activating group) is 1. The van der Waals surface area contributed by atoms with Crippen LogP contribution < -0.4 is 0 Å². The van der Waals surface area contributed by atoms with Crippen LogP contribution in [0.25, 0.3) is 0 Å². The van der Waals surface area contributed by atoms with Gasteiger partial charge < -0.3 is 5.11 Å². The molecule has 0 bridgehead atoms. The Morgan fingerprint density at radius 2 is 2.12 bits per heavy atom. The van der Waals surface area contributed by atoms with Gasteiger partial charge in [-0.05, 0) is 31.5 Å². The van der Waals surface area contributed by atoms with Crippen molar-refractivity contribution in [3.05, 3.63) is 9.47 Å². The lowest BCUT2D eigenvalue weighted by atomic mass is 10.0. The average Bonchev–Trinajstić information content (AvgIpc) is 2.75. The molecule has 4 nitrogen and oxygen atoms in total. The van der Waals surface area contributed by atoms with Crippen LogP contribution >= 0.6 is 22.9 Å². The molecule has 6 heteroatoms. The number of nitrogens with zero attached hydrogens (tertiary/aromatic N) is 3. The third kappa shape index (κ3) is 3.13. The average molecular weight is 262 g/mol. The summed E-state index contributed by atoms with van der Waals surface area (Å²) in [6, 6.07) is 0. The largest absolute Gasteiger partial charge is 0.389 e. The monoisotopic (exact) mass is 261 g/mol. The van der Waals surface area contributed by atoms with E-state index in [9.17, 15) is 5.11 Å². The van der Waals surface area contributed by atoms with Crippen molar-refractivity contribution in [2.75, 3.05) is 13.6 Å². The molecule has 2 rings (SSSR count). The number of aromatic nitrogens is 2. The van der Waals surface area contributed by atoms with Gasteiger partial charge in [0.25, 0.3) is 0 Å². The summed E-state index contributed by atoms with van der Waals surface area (Å²) in [5.74, 6) is 0. The minimum absolute atomic E-state index is 0.475. The topological polar surface area (TPSA) is 49.2 Å². The molecule has 90 valence electrons. The van der Waals surface area contributed by atoms with Gasteiger partial charge in [0.15, 0.2) is 0 Å². The molecular formula is C10H16ClN3OS. The molecule has 0 atom stereocenters. The fraction of sp³-hybridized carbons (Fsp3) is 0.800.